The second-order valence-corrected chi connectivity index (χ2v) is 10.8. The molecule has 2 fully saturated rings. The van der Waals surface area contributed by atoms with Crippen molar-refractivity contribution in [3.63, 3.8) is 0 Å². The molecule has 0 aromatic heterocycles. The second kappa shape index (κ2) is 11.5. The van der Waals surface area contributed by atoms with E-state index in [9.17, 15) is 4.79 Å². The molecule has 0 N–H and O–H groups in total. The van der Waals surface area contributed by atoms with Gasteiger partial charge in [-0.3, -0.25) is 9.69 Å². The van der Waals surface area contributed by atoms with Crippen molar-refractivity contribution < 1.29 is 14.3 Å². The molecule has 1 saturated heterocycles. The highest BCUT2D eigenvalue weighted by Crippen LogP contribution is 2.35. The van der Waals surface area contributed by atoms with Crippen molar-refractivity contribution in [3.8, 4) is 11.5 Å². The summed E-state index contributed by atoms with van der Waals surface area (Å²) in [4.78, 5) is 14.8. The van der Waals surface area contributed by atoms with Crippen LogP contribution in [-0.4, -0.2) is 34.9 Å². The maximum Gasteiger partial charge on any atom is 0.266 e. The Hall–Kier alpha value is -1.83. The van der Waals surface area contributed by atoms with E-state index < -0.39 is 0 Å². The van der Waals surface area contributed by atoms with Crippen molar-refractivity contribution in [1.29, 1.82) is 0 Å². The first-order valence-electron chi connectivity index (χ1n) is 11.5. The van der Waals surface area contributed by atoms with Gasteiger partial charge in [0.05, 0.1) is 4.91 Å². The lowest BCUT2D eigenvalue weighted by Gasteiger charge is -2.22. The van der Waals surface area contributed by atoms with Crippen molar-refractivity contribution >= 4 is 56.2 Å². The molecule has 174 valence electrons. The summed E-state index contributed by atoms with van der Waals surface area (Å²) in [6.45, 7) is 3.34. The Morgan fingerprint density at radius 2 is 1.82 bits per heavy atom. The number of nitrogens with zero attached hydrogens (tertiary/aromatic N) is 1. The summed E-state index contributed by atoms with van der Waals surface area (Å²) in [7, 11) is 0. The Bertz CT molecular complexity index is 1030. The molecular formula is C26H28BrNO3S2. The molecule has 2 aromatic carbocycles. The Labute approximate surface area is 213 Å². The number of halogens is 1. The van der Waals surface area contributed by atoms with Crippen LogP contribution in [0.2, 0.25) is 0 Å². The summed E-state index contributed by atoms with van der Waals surface area (Å²) in [5.74, 6) is 2.21. The Kier molecular flexibility index (Phi) is 8.50. The van der Waals surface area contributed by atoms with Gasteiger partial charge < -0.3 is 9.47 Å². The third-order valence-corrected chi connectivity index (χ3v) is 7.89. The molecule has 7 heteroatoms. The zero-order valence-corrected chi connectivity index (χ0v) is 21.9. The van der Waals surface area contributed by atoms with Crippen molar-refractivity contribution in [2.24, 2.45) is 0 Å². The van der Waals surface area contributed by atoms with E-state index in [0.29, 0.717) is 40.7 Å². The zero-order valence-electron chi connectivity index (χ0n) is 18.7. The number of carbonyl (C=O) groups is 1. The minimum atomic E-state index is -0.0570. The molecule has 0 radical (unpaired) electrons. The highest BCUT2D eigenvalue weighted by molar-refractivity contribution is 9.10. The molecule has 0 atom stereocenters. The fourth-order valence-electron chi connectivity index (χ4n) is 4.26. The van der Waals surface area contributed by atoms with Gasteiger partial charge in [0.2, 0.25) is 0 Å². The number of thioether (sulfide) groups is 1. The van der Waals surface area contributed by atoms with Crippen LogP contribution in [0.5, 0.6) is 11.5 Å². The van der Waals surface area contributed by atoms with Crippen molar-refractivity contribution in [1.82, 2.24) is 4.90 Å². The number of likely N-dealkylation sites (N-methyl/N-ethyl adjacent to an activating group) is 1. The molecule has 1 aliphatic heterocycles. The predicted octanol–water partition coefficient (Wildman–Crippen LogP) is 7.18. The minimum Gasteiger partial charge on any atom is -0.490 e. The average molecular weight is 547 g/mol. The Morgan fingerprint density at radius 1 is 1.09 bits per heavy atom. The number of thiocarbonyl (C=S) groups is 1. The molecule has 0 unspecified atom stereocenters. The quantitative estimate of drug-likeness (QED) is 0.199. The van der Waals surface area contributed by atoms with Crippen LogP contribution in [0.15, 0.2) is 51.8 Å². The van der Waals surface area contributed by atoms with Gasteiger partial charge in [-0.2, -0.15) is 0 Å². The Balaban J connectivity index is 1.34. The number of amides is 1. The van der Waals surface area contributed by atoms with E-state index in [2.05, 4.69) is 40.2 Å². The van der Waals surface area contributed by atoms with Gasteiger partial charge >= 0.3 is 0 Å². The largest absolute Gasteiger partial charge is 0.490 e. The monoisotopic (exact) mass is 545 g/mol. The first-order valence-corrected chi connectivity index (χ1v) is 13.5. The highest BCUT2D eigenvalue weighted by Gasteiger charge is 2.30. The summed E-state index contributed by atoms with van der Waals surface area (Å²) in [5, 5.41) is 0. The third kappa shape index (κ3) is 6.19. The number of hydrogen-bond acceptors (Lipinski definition) is 5. The maximum atomic E-state index is 12.6. The summed E-state index contributed by atoms with van der Waals surface area (Å²) < 4.78 is 13.4. The summed E-state index contributed by atoms with van der Waals surface area (Å²) in [6, 6.07) is 14.3. The molecule has 1 heterocycles. The molecular weight excluding hydrogens is 518 g/mol. The fourth-order valence-corrected chi connectivity index (χ4v) is 6.01. The number of hydrogen-bond donors (Lipinski definition) is 0. The van der Waals surface area contributed by atoms with Crippen molar-refractivity contribution in [2.45, 2.75) is 44.9 Å². The van der Waals surface area contributed by atoms with E-state index >= 15 is 0 Å². The summed E-state index contributed by atoms with van der Waals surface area (Å²) in [5.41, 5.74) is 2.25. The lowest BCUT2D eigenvalue weighted by molar-refractivity contribution is -0.121. The molecule has 1 amide bonds. The standard InChI is InChI=1S/C26H28BrNO3S2/c1-2-28-25(29)24(33-26(28)32)17-20-16-21(27)10-13-23(20)31-15-14-30-22-11-8-19(9-12-22)18-6-4-3-5-7-18/h8-13,16-18H,2-7,14-15H2,1H3. The second-order valence-electron chi connectivity index (χ2n) is 8.21. The molecule has 2 aliphatic rings. The van der Waals surface area contributed by atoms with E-state index in [1.807, 2.05) is 31.2 Å². The van der Waals surface area contributed by atoms with Crippen LogP contribution < -0.4 is 9.47 Å². The normalized spacial score (nSPS) is 18.2. The van der Waals surface area contributed by atoms with Crippen LogP contribution in [0.3, 0.4) is 0 Å². The lowest BCUT2D eigenvalue weighted by atomic mass is 9.84. The van der Waals surface area contributed by atoms with Gasteiger partial charge in [-0.1, -0.05) is 71.3 Å². The lowest BCUT2D eigenvalue weighted by Crippen LogP contribution is -2.27. The topological polar surface area (TPSA) is 38.8 Å². The van der Waals surface area contributed by atoms with E-state index in [-0.39, 0.29) is 5.91 Å². The average Bonchev–Trinajstić information content (AvgIpc) is 3.10. The van der Waals surface area contributed by atoms with E-state index in [4.69, 9.17) is 21.7 Å². The van der Waals surface area contributed by atoms with E-state index in [1.165, 1.54) is 49.4 Å². The minimum absolute atomic E-state index is 0.0570. The van der Waals surface area contributed by atoms with Crippen LogP contribution >= 0.6 is 39.9 Å². The smallest absolute Gasteiger partial charge is 0.266 e. The molecule has 4 rings (SSSR count). The first-order chi connectivity index (χ1) is 16.0. The van der Waals surface area contributed by atoms with Gasteiger partial charge in [-0.15, -0.1) is 0 Å². The summed E-state index contributed by atoms with van der Waals surface area (Å²) in [6.07, 6.45) is 8.49. The molecule has 4 nitrogen and oxygen atoms in total. The fraction of sp³-hybridized carbons (Fsp3) is 0.385. The van der Waals surface area contributed by atoms with Gasteiger partial charge in [-0.05, 0) is 67.7 Å². The van der Waals surface area contributed by atoms with Crippen LogP contribution in [-0.2, 0) is 4.79 Å². The van der Waals surface area contributed by atoms with Crippen molar-refractivity contribution in [3.05, 3.63) is 63.0 Å². The van der Waals surface area contributed by atoms with Crippen LogP contribution in [0.4, 0.5) is 0 Å². The molecule has 0 bridgehead atoms. The van der Waals surface area contributed by atoms with Crippen LogP contribution in [0.25, 0.3) is 6.08 Å². The number of ether oxygens (including phenoxy) is 2. The highest BCUT2D eigenvalue weighted by atomic mass is 79.9. The maximum absolute atomic E-state index is 12.6. The summed E-state index contributed by atoms with van der Waals surface area (Å²) >= 11 is 10.1. The first kappa shape index (κ1) is 24.3. The van der Waals surface area contributed by atoms with Crippen molar-refractivity contribution in [2.75, 3.05) is 19.8 Å². The molecule has 2 aromatic rings. The Morgan fingerprint density at radius 3 is 2.52 bits per heavy atom. The van der Waals surface area contributed by atoms with Gasteiger partial charge in [0.1, 0.15) is 29.0 Å². The molecule has 1 aliphatic carbocycles. The number of carbonyl (C=O) groups excluding carboxylic acids is 1. The van der Waals surface area contributed by atoms with E-state index in [1.54, 1.807) is 4.90 Å². The van der Waals surface area contributed by atoms with Gasteiger partial charge in [0.15, 0.2) is 0 Å². The SMILES string of the molecule is CCN1C(=O)C(=Cc2cc(Br)ccc2OCCOc2ccc(C3CCCCC3)cc2)SC1=S. The van der Waals surface area contributed by atoms with Gasteiger partial charge in [-0.25, -0.2) is 0 Å². The third-order valence-electron chi connectivity index (χ3n) is 6.01. The number of rotatable bonds is 8. The molecule has 0 spiro atoms. The predicted molar refractivity (Wildman–Crippen MR) is 143 cm³/mol. The molecule has 33 heavy (non-hydrogen) atoms. The number of benzene rings is 2. The van der Waals surface area contributed by atoms with Gasteiger partial charge in [0, 0.05) is 16.6 Å². The molecule has 1 saturated carbocycles. The van der Waals surface area contributed by atoms with Gasteiger partial charge in [0.25, 0.3) is 5.91 Å². The van der Waals surface area contributed by atoms with E-state index in [0.717, 1.165) is 15.8 Å². The van der Waals surface area contributed by atoms with Crippen LogP contribution in [0, 0.1) is 0 Å². The zero-order chi connectivity index (χ0) is 23.2. The van der Waals surface area contributed by atoms with Crippen LogP contribution in [0.1, 0.15) is 56.1 Å².